The number of hydrogen-bond donors (Lipinski definition) is 0. The van der Waals surface area contributed by atoms with Crippen LogP contribution in [0, 0.1) is 0 Å². The van der Waals surface area contributed by atoms with Gasteiger partial charge in [-0.15, -0.1) is 0 Å². The van der Waals surface area contributed by atoms with E-state index in [-0.39, 0.29) is 25.2 Å². The molecule has 66 heavy (non-hydrogen) atoms. The lowest BCUT2D eigenvalue weighted by Crippen LogP contribution is -2.29. The van der Waals surface area contributed by atoms with Gasteiger partial charge in [-0.1, -0.05) is 254 Å². The first-order valence-electron chi connectivity index (χ1n) is 28.5. The van der Waals surface area contributed by atoms with Crippen molar-refractivity contribution in [2.45, 2.75) is 284 Å². The molecule has 0 unspecified atom stereocenters. The van der Waals surface area contributed by atoms with Crippen molar-refractivity contribution in [1.29, 1.82) is 0 Å². The van der Waals surface area contributed by atoms with Crippen LogP contribution in [-0.2, 0) is 23.8 Å². The highest BCUT2D eigenvalue weighted by atomic mass is 16.6. The molecule has 0 rings (SSSR count). The summed E-state index contributed by atoms with van der Waals surface area (Å²) in [5.74, 6) is -0.444. The number of carbonyl (C=O) groups is 2. The molecule has 0 heterocycles. The Morgan fingerprint density at radius 1 is 0.318 bits per heavy atom. The second-order valence-electron chi connectivity index (χ2n) is 18.8. The normalized spacial score (nSPS) is 12.3. The van der Waals surface area contributed by atoms with Gasteiger partial charge in [-0.2, -0.15) is 0 Å². The summed E-state index contributed by atoms with van der Waals surface area (Å²) in [6.07, 6.45) is 73.8. The largest absolute Gasteiger partial charge is 0.463 e. The molecule has 0 amide bonds. The summed E-state index contributed by atoms with van der Waals surface area (Å²) >= 11 is 0. The van der Waals surface area contributed by atoms with Gasteiger partial charge in [0.15, 0.2) is 0 Å². The molecule has 0 aliphatic carbocycles. The molecule has 0 aliphatic heterocycles. The Hall–Kier alpha value is -2.66. The van der Waals surface area contributed by atoms with E-state index < -0.39 is 6.10 Å². The third-order valence-electron chi connectivity index (χ3n) is 12.3. The molecule has 5 nitrogen and oxygen atoms in total. The molecule has 5 heteroatoms. The van der Waals surface area contributed by atoms with E-state index in [0.717, 1.165) is 64.2 Å². The number of rotatable bonds is 52. The van der Waals surface area contributed by atoms with Crippen molar-refractivity contribution in [3.63, 3.8) is 0 Å². The Morgan fingerprint density at radius 3 is 0.894 bits per heavy atom. The van der Waals surface area contributed by atoms with Gasteiger partial charge >= 0.3 is 11.9 Å². The van der Waals surface area contributed by atoms with Crippen molar-refractivity contribution in [3.05, 3.63) is 72.9 Å². The first kappa shape index (κ1) is 63.3. The van der Waals surface area contributed by atoms with Crippen LogP contribution in [0.15, 0.2) is 72.9 Å². The lowest BCUT2D eigenvalue weighted by molar-refractivity contribution is -0.155. The fourth-order valence-electron chi connectivity index (χ4n) is 7.93. The number of esters is 2. The first-order valence-corrected chi connectivity index (χ1v) is 28.5. The van der Waals surface area contributed by atoms with E-state index in [4.69, 9.17) is 14.2 Å². The molecule has 0 N–H and O–H groups in total. The zero-order valence-electron chi connectivity index (χ0n) is 44.0. The van der Waals surface area contributed by atoms with E-state index in [2.05, 4.69) is 93.7 Å². The van der Waals surface area contributed by atoms with Crippen LogP contribution in [0.4, 0.5) is 0 Å². The molecule has 382 valence electrons. The molecule has 0 aromatic heterocycles. The maximum atomic E-state index is 12.6. The van der Waals surface area contributed by atoms with Crippen molar-refractivity contribution in [2.24, 2.45) is 0 Å². The summed E-state index contributed by atoms with van der Waals surface area (Å²) in [5, 5.41) is 0. The number of allylic oxidation sites excluding steroid dienone is 12. The fraction of sp³-hybridized carbons (Fsp3) is 0.770. The van der Waals surface area contributed by atoms with Crippen molar-refractivity contribution in [3.8, 4) is 0 Å². The van der Waals surface area contributed by atoms with E-state index in [0.29, 0.717) is 19.4 Å². The van der Waals surface area contributed by atoms with E-state index in [9.17, 15) is 9.59 Å². The quantitative estimate of drug-likeness (QED) is 0.0346. The van der Waals surface area contributed by atoms with Crippen molar-refractivity contribution in [2.75, 3.05) is 19.8 Å². The zero-order chi connectivity index (χ0) is 47.7. The highest BCUT2D eigenvalue weighted by Crippen LogP contribution is 2.15. The molecule has 0 aromatic rings. The molecule has 0 radical (unpaired) electrons. The zero-order valence-corrected chi connectivity index (χ0v) is 44.0. The van der Waals surface area contributed by atoms with E-state index in [1.807, 2.05) is 0 Å². The van der Waals surface area contributed by atoms with Crippen LogP contribution >= 0.6 is 0 Å². The van der Waals surface area contributed by atoms with Gasteiger partial charge in [0, 0.05) is 19.4 Å². The molecule has 0 aliphatic rings. The maximum absolute atomic E-state index is 12.6. The van der Waals surface area contributed by atoms with Crippen molar-refractivity contribution in [1.82, 2.24) is 0 Å². The molecule has 0 spiro atoms. The van der Waals surface area contributed by atoms with E-state index in [1.54, 1.807) is 0 Å². The van der Waals surface area contributed by atoms with Gasteiger partial charge in [0.05, 0.1) is 0 Å². The van der Waals surface area contributed by atoms with Crippen molar-refractivity contribution < 1.29 is 23.8 Å². The average molecular weight is 922 g/mol. The number of unbranched alkanes of at least 4 members (excludes halogenated alkanes) is 29. The highest BCUT2D eigenvalue weighted by molar-refractivity contribution is 5.69. The minimum Gasteiger partial charge on any atom is -0.463 e. The standard InChI is InChI=1S/C61H108O5/c1-4-7-10-13-16-19-22-25-28-31-33-36-39-42-45-48-51-54-60(62)65-57-59(64-56-53-50-47-44-41-38-35-30-27-24-21-18-15-12-9-6-3)58-66-61(63)55-52-49-46-43-40-37-34-32-29-26-23-20-17-14-11-8-5-2/h25-26,28-29,33-34,36-37,42-43,45-46,59H,4-24,27,30-32,35,38-41,44,47-58H2,1-3H3/b28-25-,29-26-,36-33-,37-34-,45-42-,46-43-. The number of ether oxygens (including phenoxy) is 3. The monoisotopic (exact) mass is 921 g/mol. The minimum absolute atomic E-state index is 0.115. The second kappa shape index (κ2) is 56.7. The van der Waals surface area contributed by atoms with Crippen LogP contribution in [0.1, 0.15) is 278 Å². The molecule has 0 aromatic carbocycles. The van der Waals surface area contributed by atoms with Gasteiger partial charge in [-0.25, -0.2) is 0 Å². The van der Waals surface area contributed by atoms with Crippen LogP contribution < -0.4 is 0 Å². The van der Waals surface area contributed by atoms with E-state index in [1.165, 1.54) is 180 Å². The van der Waals surface area contributed by atoms with Gasteiger partial charge in [-0.3, -0.25) is 9.59 Å². The van der Waals surface area contributed by atoms with Gasteiger partial charge in [0.25, 0.3) is 0 Å². The highest BCUT2D eigenvalue weighted by Gasteiger charge is 2.16. The molecular weight excluding hydrogens is 813 g/mol. The maximum Gasteiger partial charge on any atom is 0.305 e. The SMILES string of the molecule is CCCCCCCC/C=C\C/C=C\C/C=C\CCCC(=O)OCC(COC(=O)CCC/C=C\C/C=C\C/C=C\CCCCCCCC)OCCCCCCCCCCCCCCCCCC. The topological polar surface area (TPSA) is 61.8 Å². The lowest BCUT2D eigenvalue weighted by atomic mass is 10.0. The van der Waals surface area contributed by atoms with Gasteiger partial charge in [-0.05, 0) is 83.5 Å². The summed E-state index contributed by atoms with van der Waals surface area (Å²) in [5.41, 5.74) is 0. The first-order chi connectivity index (χ1) is 32.6. The Kier molecular flexibility index (Phi) is 54.4. The second-order valence-corrected chi connectivity index (χ2v) is 18.8. The fourth-order valence-corrected chi connectivity index (χ4v) is 7.93. The van der Waals surface area contributed by atoms with Crippen LogP contribution in [-0.4, -0.2) is 37.9 Å². The molecular formula is C61H108O5. The molecule has 0 saturated carbocycles. The Labute approximate surface area is 410 Å². The third kappa shape index (κ3) is 54.0. The third-order valence-corrected chi connectivity index (χ3v) is 12.3. The number of carbonyl (C=O) groups excluding carboxylic acids is 2. The van der Waals surface area contributed by atoms with Crippen LogP contribution in [0.2, 0.25) is 0 Å². The molecule has 0 bridgehead atoms. The summed E-state index contributed by atoms with van der Waals surface area (Å²) in [6, 6.07) is 0. The summed E-state index contributed by atoms with van der Waals surface area (Å²) in [6.45, 7) is 7.63. The number of hydrogen-bond acceptors (Lipinski definition) is 5. The van der Waals surface area contributed by atoms with Crippen molar-refractivity contribution >= 4 is 11.9 Å². The predicted molar refractivity (Wildman–Crippen MR) is 288 cm³/mol. The predicted octanol–water partition coefficient (Wildman–Crippen LogP) is 19.5. The summed E-state index contributed by atoms with van der Waals surface area (Å²) in [7, 11) is 0. The van der Waals surface area contributed by atoms with Crippen LogP contribution in [0.3, 0.4) is 0 Å². The molecule has 0 fully saturated rings. The van der Waals surface area contributed by atoms with E-state index >= 15 is 0 Å². The van der Waals surface area contributed by atoms with Gasteiger partial charge in [0.1, 0.15) is 19.3 Å². The van der Waals surface area contributed by atoms with Gasteiger partial charge < -0.3 is 14.2 Å². The molecule has 0 saturated heterocycles. The van der Waals surface area contributed by atoms with Crippen LogP contribution in [0.25, 0.3) is 0 Å². The molecule has 0 atom stereocenters. The Balaban J connectivity index is 4.40. The van der Waals surface area contributed by atoms with Gasteiger partial charge in [0.2, 0.25) is 0 Å². The Morgan fingerprint density at radius 2 is 0.576 bits per heavy atom. The summed E-state index contributed by atoms with van der Waals surface area (Å²) in [4.78, 5) is 25.2. The Bertz CT molecular complexity index is 1110. The minimum atomic E-state index is -0.441. The lowest BCUT2D eigenvalue weighted by Gasteiger charge is -2.18. The van der Waals surface area contributed by atoms with Crippen LogP contribution in [0.5, 0.6) is 0 Å². The average Bonchev–Trinajstić information content (AvgIpc) is 3.32. The smallest absolute Gasteiger partial charge is 0.305 e. The summed E-state index contributed by atoms with van der Waals surface area (Å²) < 4.78 is 17.4.